The molecule has 5 nitrogen and oxygen atoms in total. The van der Waals surface area contributed by atoms with Gasteiger partial charge in [0.05, 0.1) is 18.1 Å². The molecular weight excluding hydrogens is 302 g/mol. The normalized spacial score (nSPS) is 11.1. The van der Waals surface area contributed by atoms with Crippen molar-refractivity contribution >= 4 is 25.6 Å². The molecule has 0 heterocycles. The second-order valence-corrected chi connectivity index (χ2v) is 6.48. The van der Waals surface area contributed by atoms with Crippen LogP contribution in [0, 0.1) is 0 Å². The van der Waals surface area contributed by atoms with E-state index in [9.17, 15) is 13.2 Å². The molecule has 0 saturated carbocycles. The number of carbonyl (C=O) groups excluding carboxylic acids is 1. The van der Waals surface area contributed by atoms with E-state index in [1.807, 2.05) is 0 Å². The molecule has 7 heteroatoms. The highest BCUT2D eigenvalue weighted by atomic mass is 35.7. The molecule has 1 rings (SSSR count). The van der Waals surface area contributed by atoms with Gasteiger partial charge in [-0.2, -0.15) is 0 Å². The van der Waals surface area contributed by atoms with Crippen molar-refractivity contribution in [3.63, 3.8) is 0 Å². The maximum absolute atomic E-state index is 11.8. The minimum Gasteiger partial charge on any atom is -0.379 e. The summed E-state index contributed by atoms with van der Waals surface area (Å²) in [6, 6.07) is 5.54. The van der Waals surface area contributed by atoms with Crippen LogP contribution in [0.5, 0.6) is 0 Å². The highest BCUT2D eigenvalue weighted by Crippen LogP contribution is 2.15. The topological polar surface area (TPSA) is 72.5 Å². The van der Waals surface area contributed by atoms with Crippen molar-refractivity contribution in [1.29, 1.82) is 0 Å². The molecule has 0 spiro atoms. The molecule has 0 unspecified atom stereocenters. The first-order valence-corrected chi connectivity index (χ1v) is 8.27. The average Bonchev–Trinajstić information content (AvgIpc) is 2.41. The summed E-state index contributed by atoms with van der Waals surface area (Å²) in [5.41, 5.74) is 0.234. The van der Waals surface area contributed by atoms with Crippen LogP contribution in [0.3, 0.4) is 0 Å². The second kappa shape index (κ2) is 8.04. The molecule has 0 aliphatic carbocycles. The van der Waals surface area contributed by atoms with E-state index in [1.54, 1.807) is 6.08 Å². The maximum Gasteiger partial charge on any atom is 0.261 e. The smallest absolute Gasteiger partial charge is 0.261 e. The van der Waals surface area contributed by atoms with Gasteiger partial charge in [0.25, 0.3) is 15.0 Å². The second-order valence-electron chi connectivity index (χ2n) is 3.91. The summed E-state index contributed by atoms with van der Waals surface area (Å²) in [5, 5.41) is 2.63. The SMILES string of the molecule is C=CCCOCCNC(=O)c1cccc(S(=O)(=O)Cl)c1. The molecule has 0 bridgehead atoms. The molecule has 20 heavy (non-hydrogen) atoms. The Morgan fingerprint density at radius 3 is 2.80 bits per heavy atom. The van der Waals surface area contributed by atoms with E-state index in [-0.39, 0.29) is 16.4 Å². The number of hydrogen-bond donors (Lipinski definition) is 1. The number of hydrogen-bond acceptors (Lipinski definition) is 4. The zero-order valence-electron chi connectivity index (χ0n) is 10.8. The Hall–Kier alpha value is -1.37. The number of rotatable bonds is 8. The van der Waals surface area contributed by atoms with Crippen LogP contribution < -0.4 is 5.32 Å². The standard InChI is InChI=1S/C13H16ClNO4S/c1-2-3-8-19-9-7-15-13(16)11-5-4-6-12(10-11)20(14,17)18/h2,4-6,10H,1,3,7-9H2,(H,15,16). The molecule has 0 aromatic heterocycles. The average molecular weight is 318 g/mol. The quantitative estimate of drug-likeness (QED) is 0.452. The third-order valence-corrected chi connectivity index (χ3v) is 3.73. The van der Waals surface area contributed by atoms with Gasteiger partial charge < -0.3 is 10.1 Å². The number of carbonyl (C=O) groups is 1. The van der Waals surface area contributed by atoms with Crippen molar-refractivity contribution in [2.24, 2.45) is 0 Å². The van der Waals surface area contributed by atoms with Crippen LogP contribution in [0.1, 0.15) is 16.8 Å². The van der Waals surface area contributed by atoms with Gasteiger partial charge in [-0.05, 0) is 24.6 Å². The molecule has 0 saturated heterocycles. The lowest BCUT2D eigenvalue weighted by Gasteiger charge is -2.06. The van der Waals surface area contributed by atoms with Gasteiger partial charge in [-0.1, -0.05) is 12.1 Å². The van der Waals surface area contributed by atoms with Crippen molar-refractivity contribution in [3.05, 3.63) is 42.5 Å². The van der Waals surface area contributed by atoms with Gasteiger partial charge in [-0.25, -0.2) is 8.42 Å². The monoisotopic (exact) mass is 317 g/mol. The molecule has 1 aromatic rings. The summed E-state index contributed by atoms with van der Waals surface area (Å²) < 4.78 is 27.6. The van der Waals surface area contributed by atoms with Gasteiger partial charge in [-0.15, -0.1) is 6.58 Å². The number of ether oxygens (including phenoxy) is 1. The summed E-state index contributed by atoms with van der Waals surface area (Å²) >= 11 is 0. The van der Waals surface area contributed by atoms with Crippen molar-refractivity contribution < 1.29 is 17.9 Å². The molecule has 0 aliphatic rings. The Morgan fingerprint density at radius 1 is 1.40 bits per heavy atom. The third kappa shape index (κ3) is 5.73. The Bertz CT molecular complexity index is 571. The van der Waals surface area contributed by atoms with Crippen LogP contribution in [0.15, 0.2) is 41.8 Å². The molecule has 1 aromatic carbocycles. The number of nitrogens with one attached hydrogen (secondary N) is 1. The zero-order chi connectivity index (χ0) is 15.0. The summed E-state index contributed by atoms with van der Waals surface area (Å²) in [6.07, 6.45) is 2.50. The van der Waals surface area contributed by atoms with E-state index in [0.717, 1.165) is 6.42 Å². The van der Waals surface area contributed by atoms with Gasteiger partial charge in [0.15, 0.2) is 0 Å². The highest BCUT2D eigenvalue weighted by Gasteiger charge is 2.12. The van der Waals surface area contributed by atoms with Crippen LogP contribution in [0.4, 0.5) is 0 Å². The molecule has 1 N–H and O–H groups in total. The lowest BCUT2D eigenvalue weighted by molar-refractivity contribution is 0.0917. The highest BCUT2D eigenvalue weighted by molar-refractivity contribution is 8.13. The van der Waals surface area contributed by atoms with Gasteiger partial charge in [0.2, 0.25) is 0 Å². The largest absolute Gasteiger partial charge is 0.379 e. The van der Waals surface area contributed by atoms with E-state index >= 15 is 0 Å². The van der Waals surface area contributed by atoms with Gasteiger partial charge in [0, 0.05) is 22.8 Å². The first-order chi connectivity index (χ1) is 9.45. The van der Waals surface area contributed by atoms with Crippen LogP contribution in [-0.4, -0.2) is 34.1 Å². The van der Waals surface area contributed by atoms with Gasteiger partial charge >= 0.3 is 0 Å². The Morgan fingerprint density at radius 2 is 2.15 bits per heavy atom. The molecule has 0 atom stereocenters. The van der Waals surface area contributed by atoms with Crippen molar-refractivity contribution in [2.45, 2.75) is 11.3 Å². The predicted octanol–water partition coefficient (Wildman–Crippen LogP) is 1.94. The molecular formula is C13H16ClNO4S. The van der Waals surface area contributed by atoms with Crippen molar-refractivity contribution in [3.8, 4) is 0 Å². The van der Waals surface area contributed by atoms with E-state index < -0.39 is 9.05 Å². The Balaban J connectivity index is 2.50. The lowest BCUT2D eigenvalue weighted by atomic mass is 10.2. The first kappa shape index (κ1) is 16.7. The summed E-state index contributed by atoms with van der Waals surface area (Å²) in [6.45, 7) is 4.84. The van der Waals surface area contributed by atoms with Gasteiger partial charge in [0.1, 0.15) is 0 Å². The summed E-state index contributed by atoms with van der Waals surface area (Å²) in [5.74, 6) is -0.375. The number of benzene rings is 1. The van der Waals surface area contributed by atoms with E-state index in [0.29, 0.717) is 19.8 Å². The molecule has 0 fully saturated rings. The van der Waals surface area contributed by atoms with E-state index in [1.165, 1.54) is 24.3 Å². The fraction of sp³-hybridized carbons (Fsp3) is 0.308. The third-order valence-electron chi connectivity index (χ3n) is 2.38. The lowest BCUT2D eigenvalue weighted by Crippen LogP contribution is -2.27. The van der Waals surface area contributed by atoms with Gasteiger partial charge in [-0.3, -0.25) is 4.79 Å². The van der Waals surface area contributed by atoms with E-state index in [2.05, 4.69) is 11.9 Å². The number of halogens is 1. The predicted molar refractivity (Wildman–Crippen MR) is 77.4 cm³/mol. The minimum atomic E-state index is -3.84. The minimum absolute atomic E-state index is 0.103. The van der Waals surface area contributed by atoms with Crippen LogP contribution in [0.25, 0.3) is 0 Å². The summed E-state index contributed by atoms with van der Waals surface area (Å²) in [7, 11) is 1.39. The van der Waals surface area contributed by atoms with Crippen molar-refractivity contribution in [2.75, 3.05) is 19.8 Å². The first-order valence-electron chi connectivity index (χ1n) is 5.96. The fourth-order valence-electron chi connectivity index (χ4n) is 1.40. The van der Waals surface area contributed by atoms with Crippen LogP contribution in [0.2, 0.25) is 0 Å². The Kier molecular flexibility index (Phi) is 6.70. The molecule has 0 radical (unpaired) electrons. The van der Waals surface area contributed by atoms with Crippen LogP contribution >= 0.6 is 10.7 Å². The molecule has 1 amide bonds. The maximum atomic E-state index is 11.8. The van der Waals surface area contributed by atoms with E-state index in [4.69, 9.17) is 15.4 Å². The zero-order valence-corrected chi connectivity index (χ0v) is 12.4. The summed E-state index contributed by atoms with van der Waals surface area (Å²) in [4.78, 5) is 11.7. The van der Waals surface area contributed by atoms with Crippen molar-refractivity contribution in [1.82, 2.24) is 5.32 Å². The molecule has 110 valence electrons. The fourth-order valence-corrected chi connectivity index (χ4v) is 2.19. The Labute approximate surface area is 123 Å². The number of amides is 1. The van der Waals surface area contributed by atoms with Crippen LogP contribution in [-0.2, 0) is 13.8 Å². The molecule has 0 aliphatic heterocycles.